The van der Waals surface area contributed by atoms with E-state index in [1.807, 2.05) is 30.3 Å². The lowest BCUT2D eigenvalue weighted by Crippen LogP contribution is -2.47. The molecule has 4 rings (SSSR count). The van der Waals surface area contributed by atoms with E-state index in [0.29, 0.717) is 0 Å². The Hall–Kier alpha value is -2.11. The van der Waals surface area contributed by atoms with Gasteiger partial charge in [0, 0.05) is 38.1 Å². The van der Waals surface area contributed by atoms with Crippen molar-refractivity contribution in [3.05, 3.63) is 54.6 Å². The quantitative estimate of drug-likeness (QED) is 0.711. The van der Waals surface area contributed by atoms with E-state index in [1.54, 1.807) is 11.5 Å². The molecular formula is C19H21N3OS. The maximum absolute atomic E-state index is 5.80. The molecule has 3 aromatic rings. The number of rotatable bonds is 5. The minimum Gasteiger partial charge on any atom is -0.492 e. The standard InChI is InChI=1S/C19H21N3OS/c1-2-6-16(7-3-1)23-15-14-21-10-12-22(13-11-21)19-17-8-4-5-9-18(17)24-20-19/h1-9H,10-15H2. The van der Waals surface area contributed by atoms with Crippen molar-refractivity contribution in [1.82, 2.24) is 9.27 Å². The number of para-hydroxylation sites is 1. The maximum Gasteiger partial charge on any atom is 0.150 e. The predicted octanol–water partition coefficient (Wildman–Crippen LogP) is 3.50. The normalized spacial score (nSPS) is 15.8. The molecule has 0 N–H and O–H groups in total. The van der Waals surface area contributed by atoms with Crippen LogP contribution in [-0.2, 0) is 0 Å². The fraction of sp³-hybridized carbons (Fsp3) is 0.316. The van der Waals surface area contributed by atoms with Gasteiger partial charge >= 0.3 is 0 Å². The van der Waals surface area contributed by atoms with Crippen LogP contribution in [0.4, 0.5) is 5.82 Å². The van der Waals surface area contributed by atoms with Crippen LogP contribution in [0.5, 0.6) is 5.75 Å². The van der Waals surface area contributed by atoms with Gasteiger partial charge < -0.3 is 9.64 Å². The number of benzene rings is 2. The molecular weight excluding hydrogens is 318 g/mol. The Kier molecular flexibility index (Phi) is 4.62. The average Bonchev–Trinajstić information content (AvgIpc) is 3.07. The minimum atomic E-state index is 0.740. The summed E-state index contributed by atoms with van der Waals surface area (Å²) < 4.78 is 11.7. The monoisotopic (exact) mass is 339 g/mol. The van der Waals surface area contributed by atoms with Gasteiger partial charge in [-0.05, 0) is 35.8 Å². The zero-order chi connectivity index (χ0) is 16.2. The van der Waals surface area contributed by atoms with Crippen molar-refractivity contribution in [2.75, 3.05) is 44.2 Å². The van der Waals surface area contributed by atoms with Crippen molar-refractivity contribution in [2.24, 2.45) is 0 Å². The molecule has 0 saturated carbocycles. The van der Waals surface area contributed by atoms with E-state index >= 15 is 0 Å². The Morgan fingerprint density at radius 3 is 2.50 bits per heavy atom. The van der Waals surface area contributed by atoms with Crippen molar-refractivity contribution in [2.45, 2.75) is 0 Å². The van der Waals surface area contributed by atoms with Crippen molar-refractivity contribution in [3.8, 4) is 5.75 Å². The lowest BCUT2D eigenvalue weighted by molar-refractivity contribution is 0.200. The molecule has 0 atom stereocenters. The number of fused-ring (bicyclic) bond motifs is 1. The van der Waals surface area contributed by atoms with E-state index < -0.39 is 0 Å². The summed E-state index contributed by atoms with van der Waals surface area (Å²) in [5, 5.41) is 1.28. The molecule has 0 unspecified atom stereocenters. The second-order valence-corrected chi connectivity index (χ2v) is 6.80. The third-order valence-electron chi connectivity index (χ3n) is 4.45. The van der Waals surface area contributed by atoms with Crippen LogP contribution in [0.3, 0.4) is 0 Å². The summed E-state index contributed by atoms with van der Waals surface area (Å²) in [6.07, 6.45) is 0. The Labute approximate surface area is 146 Å². The number of hydrogen-bond donors (Lipinski definition) is 0. The molecule has 4 nitrogen and oxygen atoms in total. The fourth-order valence-electron chi connectivity index (χ4n) is 3.09. The zero-order valence-corrected chi connectivity index (χ0v) is 14.4. The number of aromatic nitrogens is 1. The van der Waals surface area contributed by atoms with E-state index in [9.17, 15) is 0 Å². The second-order valence-electron chi connectivity index (χ2n) is 5.99. The van der Waals surface area contributed by atoms with E-state index in [-0.39, 0.29) is 0 Å². The lowest BCUT2D eigenvalue weighted by atomic mass is 10.2. The van der Waals surface area contributed by atoms with Gasteiger partial charge in [0.2, 0.25) is 0 Å². The van der Waals surface area contributed by atoms with Crippen molar-refractivity contribution in [1.29, 1.82) is 0 Å². The van der Waals surface area contributed by atoms with Gasteiger partial charge in [-0.2, -0.15) is 4.37 Å². The van der Waals surface area contributed by atoms with Gasteiger partial charge in [0.15, 0.2) is 0 Å². The van der Waals surface area contributed by atoms with Gasteiger partial charge in [0.1, 0.15) is 18.2 Å². The average molecular weight is 339 g/mol. The molecule has 0 aliphatic carbocycles. The Bertz CT molecular complexity index is 781. The number of piperazine rings is 1. The number of anilines is 1. The molecule has 124 valence electrons. The molecule has 1 aromatic heterocycles. The highest BCUT2D eigenvalue weighted by Crippen LogP contribution is 2.29. The highest BCUT2D eigenvalue weighted by molar-refractivity contribution is 7.13. The van der Waals surface area contributed by atoms with Gasteiger partial charge in [-0.3, -0.25) is 4.90 Å². The molecule has 24 heavy (non-hydrogen) atoms. The summed E-state index contributed by atoms with van der Waals surface area (Å²) in [6.45, 7) is 5.89. The molecule has 1 aliphatic heterocycles. The summed E-state index contributed by atoms with van der Waals surface area (Å²) in [6, 6.07) is 18.5. The molecule has 0 radical (unpaired) electrons. The van der Waals surface area contributed by atoms with Crippen molar-refractivity contribution in [3.63, 3.8) is 0 Å². The molecule has 5 heteroatoms. The largest absolute Gasteiger partial charge is 0.492 e. The molecule has 1 fully saturated rings. The molecule has 2 heterocycles. The first kappa shape index (κ1) is 15.4. The summed E-state index contributed by atoms with van der Waals surface area (Å²) in [5.74, 6) is 2.10. The van der Waals surface area contributed by atoms with Crippen molar-refractivity contribution < 1.29 is 4.74 Å². The molecule has 1 saturated heterocycles. The molecule has 0 amide bonds. The third-order valence-corrected chi connectivity index (χ3v) is 5.27. The molecule has 2 aromatic carbocycles. The number of nitrogens with zero attached hydrogens (tertiary/aromatic N) is 3. The smallest absolute Gasteiger partial charge is 0.150 e. The van der Waals surface area contributed by atoms with Gasteiger partial charge in [0.05, 0.1) is 4.70 Å². The minimum absolute atomic E-state index is 0.740. The van der Waals surface area contributed by atoms with Crippen LogP contribution in [0.1, 0.15) is 0 Å². The molecule has 0 spiro atoms. The first-order valence-electron chi connectivity index (χ1n) is 8.40. The third kappa shape index (κ3) is 3.37. The van der Waals surface area contributed by atoms with Gasteiger partial charge in [-0.1, -0.05) is 30.3 Å². The van der Waals surface area contributed by atoms with Crippen LogP contribution in [-0.4, -0.2) is 48.6 Å². The van der Waals surface area contributed by atoms with Crippen LogP contribution < -0.4 is 9.64 Å². The fourth-order valence-corrected chi connectivity index (χ4v) is 3.89. The van der Waals surface area contributed by atoms with Crippen LogP contribution in [0, 0.1) is 0 Å². The highest BCUT2D eigenvalue weighted by atomic mass is 32.1. The Morgan fingerprint density at radius 1 is 0.917 bits per heavy atom. The topological polar surface area (TPSA) is 28.6 Å². The van der Waals surface area contributed by atoms with Crippen LogP contribution in [0.15, 0.2) is 54.6 Å². The predicted molar refractivity (Wildman–Crippen MR) is 100 cm³/mol. The molecule has 1 aliphatic rings. The number of ether oxygens (including phenoxy) is 1. The summed E-state index contributed by atoms with van der Waals surface area (Å²) in [4.78, 5) is 4.88. The van der Waals surface area contributed by atoms with E-state index in [1.165, 1.54) is 10.1 Å². The van der Waals surface area contributed by atoms with Gasteiger partial charge in [-0.15, -0.1) is 0 Å². The summed E-state index contributed by atoms with van der Waals surface area (Å²) in [5.41, 5.74) is 0. The van der Waals surface area contributed by atoms with E-state index in [4.69, 9.17) is 4.74 Å². The first-order valence-corrected chi connectivity index (χ1v) is 9.17. The zero-order valence-electron chi connectivity index (χ0n) is 13.6. The van der Waals surface area contributed by atoms with E-state index in [0.717, 1.165) is 50.9 Å². The van der Waals surface area contributed by atoms with Crippen LogP contribution in [0.2, 0.25) is 0 Å². The Balaban J connectivity index is 1.29. The first-order chi connectivity index (χ1) is 11.9. The summed E-state index contributed by atoms with van der Waals surface area (Å²) >= 11 is 1.59. The second kappa shape index (κ2) is 7.20. The summed E-state index contributed by atoms with van der Waals surface area (Å²) in [7, 11) is 0. The SMILES string of the molecule is c1ccc(OCCN2CCN(c3nsc4ccccc34)CC2)cc1. The van der Waals surface area contributed by atoms with Crippen LogP contribution in [0.25, 0.3) is 10.1 Å². The van der Waals surface area contributed by atoms with Gasteiger partial charge in [-0.25, -0.2) is 0 Å². The van der Waals surface area contributed by atoms with E-state index in [2.05, 4.69) is 38.4 Å². The lowest BCUT2D eigenvalue weighted by Gasteiger charge is -2.34. The maximum atomic E-state index is 5.80. The number of hydrogen-bond acceptors (Lipinski definition) is 5. The molecule has 0 bridgehead atoms. The Morgan fingerprint density at radius 2 is 1.67 bits per heavy atom. The highest BCUT2D eigenvalue weighted by Gasteiger charge is 2.20. The van der Waals surface area contributed by atoms with Crippen LogP contribution >= 0.6 is 11.5 Å². The van der Waals surface area contributed by atoms with Crippen molar-refractivity contribution >= 4 is 27.4 Å². The van der Waals surface area contributed by atoms with Gasteiger partial charge in [0.25, 0.3) is 0 Å².